The molecule has 1 atom stereocenters. The Bertz CT molecular complexity index is 228. The molecule has 4 nitrogen and oxygen atoms in total. The van der Waals surface area contributed by atoms with Crippen LogP contribution in [0.2, 0.25) is 0 Å². The Balaban J connectivity index is 3.70. The second-order valence-corrected chi connectivity index (χ2v) is 4.35. The molecule has 0 aromatic rings. The fourth-order valence-corrected chi connectivity index (χ4v) is 1.97. The van der Waals surface area contributed by atoms with Crippen LogP contribution in [0.15, 0.2) is 0 Å². The van der Waals surface area contributed by atoms with Crippen LogP contribution in [0.5, 0.6) is 0 Å². The first-order chi connectivity index (χ1) is 7.76. The summed E-state index contributed by atoms with van der Waals surface area (Å²) in [6, 6.07) is 2.05. The van der Waals surface area contributed by atoms with Crippen LogP contribution in [0, 0.1) is 11.3 Å². The Kier molecular flexibility index (Phi) is 10.3. The van der Waals surface area contributed by atoms with E-state index < -0.39 is 0 Å². The van der Waals surface area contributed by atoms with Crippen molar-refractivity contribution in [2.45, 2.75) is 31.9 Å². The third-order valence-corrected chi connectivity index (χ3v) is 3.21. The predicted molar refractivity (Wildman–Crippen MR) is 64.2 cm³/mol. The van der Waals surface area contributed by atoms with E-state index in [1.807, 2.05) is 13.8 Å². The minimum Gasteiger partial charge on any atom is -0.462 e. The van der Waals surface area contributed by atoms with Crippen molar-refractivity contribution in [3.8, 4) is 6.07 Å². The Hall–Kier alpha value is -0.730. The summed E-state index contributed by atoms with van der Waals surface area (Å²) in [7, 11) is 0. The van der Waals surface area contributed by atoms with Crippen molar-refractivity contribution in [2.75, 3.05) is 25.6 Å². The lowest BCUT2D eigenvalue weighted by Gasteiger charge is -2.12. The summed E-state index contributed by atoms with van der Waals surface area (Å²) in [6.45, 7) is 5.22. The molecule has 92 valence electrons. The standard InChI is InChI=1S/C11H19NO3S/c1-3-10(16-9-5-6-12)11(13)15-8-7-14-4-2/h10H,3-5,7-9H2,1-2H3. The van der Waals surface area contributed by atoms with Gasteiger partial charge in [-0.2, -0.15) is 5.26 Å². The van der Waals surface area contributed by atoms with Gasteiger partial charge in [0.25, 0.3) is 0 Å². The highest BCUT2D eigenvalue weighted by Gasteiger charge is 2.17. The highest BCUT2D eigenvalue weighted by Crippen LogP contribution is 2.16. The largest absolute Gasteiger partial charge is 0.462 e. The third-order valence-electron chi connectivity index (χ3n) is 1.84. The molecule has 0 bridgehead atoms. The molecule has 0 fully saturated rings. The number of nitriles is 1. The third kappa shape index (κ3) is 7.55. The van der Waals surface area contributed by atoms with Crippen molar-refractivity contribution in [3.63, 3.8) is 0 Å². The van der Waals surface area contributed by atoms with Crippen molar-refractivity contribution in [1.82, 2.24) is 0 Å². The summed E-state index contributed by atoms with van der Waals surface area (Å²) in [5.41, 5.74) is 0. The first-order valence-corrected chi connectivity index (χ1v) is 6.54. The van der Waals surface area contributed by atoms with Crippen molar-refractivity contribution in [3.05, 3.63) is 0 Å². The molecule has 0 aliphatic carbocycles. The molecular weight excluding hydrogens is 226 g/mol. The average molecular weight is 245 g/mol. The molecule has 0 amide bonds. The van der Waals surface area contributed by atoms with E-state index in [0.29, 0.717) is 32.0 Å². The molecule has 0 aromatic heterocycles. The van der Waals surface area contributed by atoms with E-state index >= 15 is 0 Å². The van der Waals surface area contributed by atoms with E-state index in [2.05, 4.69) is 6.07 Å². The molecule has 0 heterocycles. The quantitative estimate of drug-likeness (QED) is 0.459. The minimum atomic E-state index is -0.204. The van der Waals surface area contributed by atoms with Gasteiger partial charge < -0.3 is 9.47 Å². The maximum atomic E-state index is 11.6. The lowest BCUT2D eigenvalue weighted by Crippen LogP contribution is -2.22. The van der Waals surface area contributed by atoms with E-state index in [9.17, 15) is 4.79 Å². The van der Waals surface area contributed by atoms with Crippen LogP contribution in [0.4, 0.5) is 0 Å². The first-order valence-electron chi connectivity index (χ1n) is 5.49. The maximum absolute atomic E-state index is 11.6. The molecule has 0 aliphatic rings. The topological polar surface area (TPSA) is 59.3 Å². The Morgan fingerprint density at radius 3 is 2.75 bits per heavy atom. The zero-order valence-corrected chi connectivity index (χ0v) is 10.7. The van der Waals surface area contributed by atoms with Gasteiger partial charge in [0, 0.05) is 18.8 Å². The smallest absolute Gasteiger partial charge is 0.319 e. The van der Waals surface area contributed by atoms with Gasteiger partial charge in [0.1, 0.15) is 11.9 Å². The second kappa shape index (κ2) is 10.8. The summed E-state index contributed by atoms with van der Waals surface area (Å²) in [5.74, 6) is 0.473. The Labute approximate surface area is 101 Å². The number of esters is 1. The SMILES string of the molecule is CCOCCOC(=O)C(CC)SCCC#N. The summed E-state index contributed by atoms with van der Waals surface area (Å²) in [6.07, 6.45) is 1.19. The Morgan fingerprint density at radius 1 is 1.44 bits per heavy atom. The van der Waals surface area contributed by atoms with Crippen LogP contribution < -0.4 is 0 Å². The number of rotatable bonds is 9. The fourth-order valence-electron chi connectivity index (χ4n) is 1.04. The second-order valence-electron chi connectivity index (χ2n) is 3.04. The number of carbonyl (C=O) groups is 1. The molecule has 0 saturated carbocycles. The van der Waals surface area contributed by atoms with E-state index in [1.165, 1.54) is 11.8 Å². The average Bonchev–Trinajstić information content (AvgIpc) is 2.30. The van der Waals surface area contributed by atoms with Gasteiger partial charge in [0.05, 0.1) is 12.7 Å². The molecular formula is C11H19NO3S. The lowest BCUT2D eigenvalue weighted by molar-refractivity contribution is -0.144. The Morgan fingerprint density at radius 2 is 2.19 bits per heavy atom. The molecule has 0 rings (SSSR count). The summed E-state index contributed by atoms with van der Waals surface area (Å²) >= 11 is 1.48. The van der Waals surface area contributed by atoms with Gasteiger partial charge in [-0.25, -0.2) is 0 Å². The predicted octanol–water partition coefficient (Wildman–Crippen LogP) is 1.99. The zero-order valence-electron chi connectivity index (χ0n) is 9.90. The van der Waals surface area contributed by atoms with Crippen LogP contribution in [0.25, 0.3) is 0 Å². The van der Waals surface area contributed by atoms with Crippen LogP contribution in [-0.4, -0.2) is 36.8 Å². The fraction of sp³-hybridized carbons (Fsp3) is 0.818. The van der Waals surface area contributed by atoms with Gasteiger partial charge >= 0.3 is 5.97 Å². The maximum Gasteiger partial charge on any atom is 0.319 e. The highest BCUT2D eigenvalue weighted by molar-refractivity contribution is 8.00. The van der Waals surface area contributed by atoms with Gasteiger partial charge in [-0.3, -0.25) is 4.79 Å². The van der Waals surface area contributed by atoms with Gasteiger partial charge in [-0.1, -0.05) is 6.92 Å². The monoisotopic (exact) mass is 245 g/mol. The van der Waals surface area contributed by atoms with E-state index in [1.54, 1.807) is 0 Å². The van der Waals surface area contributed by atoms with Crippen LogP contribution >= 0.6 is 11.8 Å². The van der Waals surface area contributed by atoms with Crippen molar-refractivity contribution >= 4 is 17.7 Å². The van der Waals surface area contributed by atoms with Gasteiger partial charge in [0.2, 0.25) is 0 Å². The number of hydrogen-bond acceptors (Lipinski definition) is 5. The summed E-state index contributed by atoms with van der Waals surface area (Å²) < 4.78 is 10.1. The molecule has 16 heavy (non-hydrogen) atoms. The molecule has 0 aromatic carbocycles. The molecule has 0 aliphatic heterocycles. The van der Waals surface area contributed by atoms with E-state index in [0.717, 1.165) is 6.42 Å². The van der Waals surface area contributed by atoms with Crippen LogP contribution in [0.1, 0.15) is 26.7 Å². The first kappa shape index (κ1) is 15.3. The van der Waals surface area contributed by atoms with Crippen molar-refractivity contribution in [1.29, 1.82) is 5.26 Å². The molecule has 0 spiro atoms. The number of thioether (sulfide) groups is 1. The summed E-state index contributed by atoms with van der Waals surface area (Å²) in [4.78, 5) is 11.6. The lowest BCUT2D eigenvalue weighted by atomic mass is 10.3. The van der Waals surface area contributed by atoms with Gasteiger partial charge in [0.15, 0.2) is 0 Å². The number of hydrogen-bond donors (Lipinski definition) is 0. The van der Waals surface area contributed by atoms with Gasteiger partial charge in [-0.15, -0.1) is 11.8 Å². The van der Waals surface area contributed by atoms with Crippen molar-refractivity contribution < 1.29 is 14.3 Å². The van der Waals surface area contributed by atoms with E-state index in [-0.39, 0.29) is 11.2 Å². The van der Waals surface area contributed by atoms with Crippen LogP contribution in [-0.2, 0) is 14.3 Å². The van der Waals surface area contributed by atoms with E-state index in [4.69, 9.17) is 14.7 Å². The zero-order chi connectivity index (χ0) is 12.2. The van der Waals surface area contributed by atoms with Gasteiger partial charge in [-0.05, 0) is 13.3 Å². The molecule has 0 radical (unpaired) electrons. The summed E-state index contributed by atoms with van der Waals surface area (Å²) in [5, 5.41) is 8.24. The molecule has 0 saturated heterocycles. The normalized spacial score (nSPS) is 11.8. The number of carbonyl (C=O) groups excluding carboxylic acids is 1. The highest BCUT2D eigenvalue weighted by atomic mass is 32.2. The minimum absolute atomic E-state index is 0.157. The van der Waals surface area contributed by atoms with Crippen LogP contribution in [0.3, 0.4) is 0 Å². The number of ether oxygens (including phenoxy) is 2. The number of nitrogens with zero attached hydrogens (tertiary/aromatic N) is 1. The molecule has 0 N–H and O–H groups in total. The molecule has 5 heteroatoms. The van der Waals surface area contributed by atoms with Crippen molar-refractivity contribution in [2.24, 2.45) is 0 Å². The molecule has 1 unspecified atom stereocenters.